The van der Waals surface area contributed by atoms with E-state index >= 15 is 8.78 Å². The van der Waals surface area contributed by atoms with Crippen LogP contribution in [0.2, 0.25) is 0 Å². The number of benzene rings is 2. The molecule has 2 fully saturated rings. The minimum Gasteiger partial charge on any atom is -0.383 e. The molecule has 2 bridgehead atoms. The van der Waals surface area contributed by atoms with Crippen LogP contribution in [0.3, 0.4) is 0 Å². The Kier molecular flexibility index (Phi) is 9.63. The topological polar surface area (TPSA) is 106 Å². The zero-order chi connectivity index (χ0) is 42.4. The smallest absolute Gasteiger partial charge is 0.383 e. The van der Waals surface area contributed by atoms with E-state index in [1.54, 1.807) is 42.2 Å². The molecule has 4 aromatic heterocycles. The number of ketones is 1. The van der Waals surface area contributed by atoms with Gasteiger partial charge in [0, 0.05) is 76.3 Å². The molecule has 1 saturated carbocycles. The number of alkyl halides is 5. The number of fused-ring (bicyclic) bond motifs is 6. The maximum Gasteiger partial charge on any atom is 0.417 e. The number of ether oxygens (including phenoxy) is 1. The van der Waals surface area contributed by atoms with Crippen molar-refractivity contribution in [3.8, 4) is 11.1 Å². The van der Waals surface area contributed by atoms with Crippen molar-refractivity contribution in [3.63, 3.8) is 0 Å². The molecule has 2 atom stereocenters. The Morgan fingerprint density at radius 2 is 1.73 bits per heavy atom. The number of pyridine rings is 1. The number of amides is 1. The summed E-state index contributed by atoms with van der Waals surface area (Å²) in [6.07, 6.45) is -2.16. The molecule has 60 heavy (non-hydrogen) atoms. The van der Waals surface area contributed by atoms with Crippen LogP contribution in [-0.4, -0.2) is 98.6 Å². The summed E-state index contributed by atoms with van der Waals surface area (Å²) >= 11 is 0. The largest absolute Gasteiger partial charge is 0.417 e. The normalized spacial score (nSPS) is 19.0. The molecule has 2 unspecified atom stereocenters. The van der Waals surface area contributed by atoms with Gasteiger partial charge in [-0.15, -0.1) is 5.10 Å². The molecule has 6 heterocycles. The summed E-state index contributed by atoms with van der Waals surface area (Å²) in [6.45, 7) is 0.878. The molecule has 314 valence electrons. The van der Waals surface area contributed by atoms with Crippen LogP contribution in [0.25, 0.3) is 27.7 Å². The molecule has 1 saturated heterocycles. The number of halogens is 7. The Morgan fingerprint density at radius 3 is 2.38 bits per heavy atom. The summed E-state index contributed by atoms with van der Waals surface area (Å²) in [5.74, 6) is -3.18. The van der Waals surface area contributed by atoms with E-state index in [0.29, 0.717) is 47.1 Å². The highest BCUT2D eigenvalue weighted by Crippen LogP contribution is 2.49. The number of carbonyl (C=O) groups is 2. The van der Waals surface area contributed by atoms with E-state index < -0.39 is 53.3 Å². The first-order chi connectivity index (χ1) is 28.7. The maximum absolute atomic E-state index is 16.2. The Balaban J connectivity index is 1.04. The monoisotopic (exact) mass is 837 g/mol. The number of rotatable bonds is 8. The third-order valence-corrected chi connectivity index (χ3v) is 12.2. The van der Waals surface area contributed by atoms with Gasteiger partial charge in [0.2, 0.25) is 5.78 Å². The standard InChI is InChI=1S/C41H38F7N9O3/c1-52-10-8-21-15-31(55-9-4-5-25(35(21)55)32-26(41(46,47)48)16-30-33(37(32)52)49-20-53(30)2)38(58)24-13-27(42)36(28(43)14-24)54-17-22-6-7-23(18-54)34(22)56(11-12-60-3)40(59)57-19-29(39(44)45)50-51-57/h4-5,9,13-16,19-20,22-23,34,39H,6-8,10-12,17-18H2,1-3H3. The number of carbonyl (C=O) groups excluding carboxylic acids is 2. The molecular weight excluding hydrogens is 799 g/mol. The zero-order valence-corrected chi connectivity index (χ0v) is 32.6. The lowest BCUT2D eigenvalue weighted by Crippen LogP contribution is -2.56. The molecular formula is C41H38F7N9O3. The molecule has 12 nitrogen and oxygen atoms in total. The average Bonchev–Trinajstić information content (AvgIpc) is 3.99. The SMILES string of the molecule is COCCN(C(=O)n1cc(C(F)F)nn1)C1C2CCC1CN(c1c(F)cc(C(=O)c3cc4c5c(cccn35)-c3c(C(F)(F)F)cc5c(ncn5C)c3N(C)CC4)cc1F)C2. The Labute approximate surface area is 337 Å². The van der Waals surface area contributed by atoms with Crippen molar-refractivity contribution < 1.29 is 45.1 Å². The van der Waals surface area contributed by atoms with Gasteiger partial charge in [0.05, 0.1) is 47.1 Å². The van der Waals surface area contributed by atoms with Crippen molar-refractivity contribution >= 4 is 39.7 Å². The van der Waals surface area contributed by atoms with Crippen LogP contribution in [0.4, 0.5) is 46.9 Å². The van der Waals surface area contributed by atoms with Gasteiger partial charge >= 0.3 is 12.2 Å². The van der Waals surface area contributed by atoms with Gasteiger partial charge in [-0.05, 0) is 67.0 Å². The van der Waals surface area contributed by atoms with Crippen LogP contribution in [0.5, 0.6) is 0 Å². The van der Waals surface area contributed by atoms with E-state index in [-0.39, 0.29) is 72.7 Å². The number of aromatic nitrogens is 6. The second kappa shape index (κ2) is 14.6. The molecule has 2 aromatic carbocycles. The summed E-state index contributed by atoms with van der Waals surface area (Å²) < 4.78 is 113. The lowest BCUT2D eigenvalue weighted by Gasteiger charge is -2.44. The van der Waals surface area contributed by atoms with Crippen molar-refractivity contribution in [1.82, 2.24) is 33.8 Å². The van der Waals surface area contributed by atoms with Crippen molar-refractivity contribution in [3.05, 3.63) is 94.8 Å². The van der Waals surface area contributed by atoms with Gasteiger partial charge in [0.1, 0.15) is 28.5 Å². The molecule has 6 aromatic rings. The van der Waals surface area contributed by atoms with Crippen molar-refractivity contribution in [1.29, 1.82) is 0 Å². The van der Waals surface area contributed by atoms with Gasteiger partial charge in [-0.3, -0.25) is 4.79 Å². The van der Waals surface area contributed by atoms with Crippen LogP contribution >= 0.6 is 0 Å². The quantitative estimate of drug-likeness (QED) is 0.116. The minimum absolute atomic E-state index is 0.0275. The van der Waals surface area contributed by atoms with Crippen LogP contribution in [0, 0.1) is 23.5 Å². The summed E-state index contributed by atoms with van der Waals surface area (Å²) in [6, 6.07) is 6.64. The van der Waals surface area contributed by atoms with E-state index in [0.717, 1.165) is 29.1 Å². The number of imidazole rings is 1. The molecule has 9 rings (SSSR count). The lowest BCUT2D eigenvalue weighted by molar-refractivity contribution is -0.137. The van der Waals surface area contributed by atoms with E-state index in [9.17, 15) is 31.5 Å². The summed E-state index contributed by atoms with van der Waals surface area (Å²) in [7, 11) is 4.79. The third-order valence-electron chi connectivity index (χ3n) is 12.2. The summed E-state index contributed by atoms with van der Waals surface area (Å²) in [5.41, 5.74) is 0.0444. The average molecular weight is 838 g/mol. The first kappa shape index (κ1) is 39.5. The highest BCUT2D eigenvalue weighted by atomic mass is 19.4. The van der Waals surface area contributed by atoms with Crippen LogP contribution in [0.1, 0.15) is 52.1 Å². The first-order valence-corrected chi connectivity index (χ1v) is 19.3. The van der Waals surface area contributed by atoms with E-state index in [1.807, 2.05) is 0 Å². The Hall–Kier alpha value is -5.98. The van der Waals surface area contributed by atoms with Crippen molar-refractivity contribution in [2.75, 3.05) is 56.7 Å². The van der Waals surface area contributed by atoms with Crippen LogP contribution in [-0.2, 0) is 24.4 Å². The van der Waals surface area contributed by atoms with Gasteiger partial charge in [-0.25, -0.2) is 27.3 Å². The molecule has 1 amide bonds. The number of methoxy groups -OCH3 is 1. The second-order valence-corrected chi connectivity index (χ2v) is 15.7. The van der Waals surface area contributed by atoms with Crippen molar-refractivity contribution in [2.45, 2.75) is 37.9 Å². The molecule has 3 aliphatic rings. The van der Waals surface area contributed by atoms with Crippen LogP contribution < -0.4 is 9.80 Å². The van der Waals surface area contributed by atoms with Gasteiger partial charge in [0.25, 0.3) is 6.43 Å². The molecule has 0 N–H and O–H groups in total. The number of nitrogens with zero attached hydrogens (tertiary/aromatic N) is 9. The number of aryl methyl sites for hydroxylation is 1. The second-order valence-electron chi connectivity index (χ2n) is 15.7. The molecule has 0 radical (unpaired) electrons. The molecule has 1 aliphatic carbocycles. The van der Waals surface area contributed by atoms with Crippen LogP contribution in [0.15, 0.2) is 55.1 Å². The molecule has 0 spiro atoms. The number of likely N-dealkylation sites (N-methyl/N-ethyl adjacent to an activating group) is 1. The van der Waals surface area contributed by atoms with E-state index in [2.05, 4.69) is 15.3 Å². The highest BCUT2D eigenvalue weighted by Gasteiger charge is 2.48. The number of piperidine rings is 1. The molecule has 19 heteroatoms. The van der Waals surface area contributed by atoms with Gasteiger partial charge < -0.3 is 28.4 Å². The number of anilines is 2. The van der Waals surface area contributed by atoms with E-state index in [1.165, 1.54) is 33.4 Å². The fourth-order valence-corrected chi connectivity index (χ4v) is 9.62. The lowest BCUT2D eigenvalue weighted by atomic mass is 9.90. The molecule has 2 aliphatic heterocycles. The maximum atomic E-state index is 16.2. The predicted octanol–water partition coefficient (Wildman–Crippen LogP) is 7.37. The van der Waals surface area contributed by atoms with Gasteiger partial charge in [-0.2, -0.15) is 17.9 Å². The van der Waals surface area contributed by atoms with E-state index in [4.69, 9.17) is 4.74 Å². The van der Waals surface area contributed by atoms with Gasteiger partial charge in [-0.1, -0.05) is 11.3 Å². The minimum atomic E-state index is -4.74. The number of hydrogen-bond donors (Lipinski definition) is 0. The first-order valence-electron chi connectivity index (χ1n) is 19.3. The highest BCUT2D eigenvalue weighted by molar-refractivity contribution is 6.11. The van der Waals surface area contributed by atoms with Gasteiger partial charge in [0.15, 0.2) is 0 Å². The summed E-state index contributed by atoms with van der Waals surface area (Å²) in [4.78, 5) is 37.1. The summed E-state index contributed by atoms with van der Waals surface area (Å²) in [5, 5.41) is 7.01. The zero-order valence-electron chi connectivity index (χ0n) is 32.6. The fourth-order valence-electron chi connectivity index (χ4n) is 9.62. The van der Waals surface area contributed by atoms with Crippen molar-refractivity contribution in [2.24, 2.45) is 18.9 Å². The number of hydrogen-bond acceptors (Lipinski definition) is 8. The Morgan fingerprint density at radius 1 is 1.02 bits per heavy atom. The predicted molar refractivity (Wildman–Crippen MR) is 205 cm³/mol. The Bertz CT molecular complexity index is 2650. The third kappa shape index (κ3) is 6.35. The fraction of sp³-hybridized carbons (Fsp3) is 0.390.